The first kappa shape index (κ1) is 15.9. The molecule has 1 nitrogen and oxygen atoms in total. The van der Waals surface area contributed by atoms with E-state index in [2.05, 4.69) is 75.0 Å². The van der Waals surface area contributed by atoms with E-state index in [4.69, 9.17) is 11.6 Å². The maximum atomic E-state index is 6.09. The van der Waals surface area contributed by atoms with Crippen LogP contribution in [-0.4, -0.2) is 7.05 Å². The lowest BCUT2D eigenvalue weighted by Gasteiger charge is -2.29. The molecule has 0 saturated heterocycles. The molecule has 2 rings (SSSR count). The third kappa shape index (κ3) is 3.57. The molecule has 1 atom stereocenters. The Bertz CT molecular complexity index is 601. The Morgan fingerprint density at radius 3 is 2.60 bits per heavy atom. The van der Waals surface area contributed by atoms with Crippen LogP contribution in [0.15, 0.2) is 46.9 Å². The molecule has 2 aromatic rings. The minimum absolute atomic E-state index is 0.257. The van der Waals surface area contributed by atoms with E-state index in [9.17, 15) is 0 Å². The van der Waals surface area contributed by atoms with Gasteiger partial charge in [0.2, 0.25) is 0 Å². The second-order valence-corrected chi connectivity index (χ2v) is 6.66. The third-order valence-electron chi connectivity index (χ3n) is 3.48. The molecule has 2 aromatic carbocycles. The van der Waals surface area contributed by atoms with Gasteiger partial charge in [0.15, 0.2) is 0 Å². The van der Waals surface area contributed by atoms with Gasteiger partial charge in [-0.25, -0.2) is 0 Å². The van der Waals surface area contributed by atoms with E-state index in [-0.39, 0.29) is 6.04 Å². The van der Waals surface area contributed by atoms with Crippen LogP contribution < -0.4 is 4.90 Å². The quantitative estimate of drug-likeness (QED) is 0.536. The normalized spacial score (nSPS) is 12.2. The standard InChI is InChI=1S/C16H16Br2ClN/c1-11(12-4-3-5-15(19)9-12)20(2)16-7-6-14(18)8-13(16)10-17/h3-9,11H,10H2,1-2H3. The third-order valence-corrected chi connectivity index (χ3v) is 4.81. The molecular weight excluding hydrogens is 401 g/mol. The zero-order chi connectivity index (χ0) is 14.7. The van der Waals surface area contributed by atoms with Crippen LogP contribution in [0.2, 0.25) is 5.02 Å². The maximum absolute atomic E-state index is 6.09. The molecule has 0 spiro atoms. The lowest BCUT2D eigenvalue weighted by molar-refractivity contribution is 0.737. The van der Waals surface area contributed by atoms with E-state index < -0.39 is 0 Å². The van der Waals surface area contributed by atoms with E-state index in [1.54, 1.807) is 0 Å². The highest BCUT2D eigenvalue weighted by Gasteiger charge is 2.15. The van der Waals surface area contributed by atoms with E-state index in [0.717, 1.165) is 14.8 Å². The van der Waals surface area contributed by atoms with Crippen molar-refractivity contribution in [1.29, 1.82) is 0 Å². The Morgan fingerprint density at radius 1 is 1.20 bits per heavy atom. The summed E-state index contributed by atoms with van der Waals surface area (Å²) in [4.78, 5) is 2.27. The van der Waals surface area contributed by atoms with Gasteiger partial charge in [0.05, 0.1) is 6.04 Å². The van der Waals surface area contributed by atoms with Gasteiger partial charge in [-0.3, -0.25) is 0 Å². The average molecular weight is 418 g/mol. The second-order valence-electron chi connectivity index (χ2n) is 4.75. The molecule has 0 N–H and O–H groups in total. The second kappa shape index (κ2) is 6.97. The van der Waals surface area contributed by atoms with Gasteiger partial charge in [0.1, 0.15) is 0 Å². The number of hydrogen-bond donors (Lipinski definition) is 0. The molecule has 0 aliphatic rings. The number of anilines is 1. The molecule has 0 aromatic heterocycles. The SMILES string of the molecule is CC(c1cccc(Cl)c1)N(C)c1ccc(Br)cc1CBr. The summed E-state index contributed by atoms with van der Waals surface area (Å²) in [5, 5.41) is 1.60. The van der Waals surface area contributed by atoms with Crippen molar-refractivity contribution in [3.63, 3.8) is 0 Å². The largest absolute Gasteiger partial charge is 0.368 e. The van der Waals surface area contributed by atoms with Gasteiger partial charge in [-0.15, -0.1) is 0 Å². The molecule has 1 unspecified atom stereocenters. The van der Waals surface area contributed by atoms with Crippen LogP contribution in [0.5, 0.6) is 0 Å². The van der Waals surface area contributed by atoms with Crippen LogP contribution in [0.25, 0.3) is 0 Å². The molecule has 0 bridgehead atoms. The molecule has 0 amide bonds. The maximum Gasteiger partial charge on any atom is 0.0511 e. The zero-order valence-electron chi connectivity index (χ0n) is 11.4. The molecule has 0 saturated carbocycles. The summed E-state index contributed by atoms with van der Waals surface area (Å²) in [5.74, 6) is 0. The summed E-state index contributed by atoms with van der Waals surface area (Å²) in [7, 11) is 2.11. The highest BCUT2D eigenvalue weighted by Crippen LogP contribution is 2.32. The van der Waals surface area contributed by atoms with Crippen molar-refractivity contribution in [2.75, 3.05) is 11.9 Å². The van der Waals surface area contributed by atoms with Crippen molar-refractivity contribution < 1.29 is 0 Å². The molecule has 0 fully saturated rings. The number of nitrogens with zero attached hydrogens (tertiary/aromatic N) is 1. The van der Waals surface area contributed by atoms with Crippen LogP contribution in [0.1, 0.15) is 24.1 Å². The Kier molecular flexibility index (Phi) is 5.53. The fourth-order valence-corrected chi connectivity index (χ4v) is 3.26. The van der Waals surface area contributed by atoms with Gasteiger partial charge in [0, 0.05) is 27.6 Å². The van der Waals surface area contributed by atoms with Crippen LogP contribution in [0, 0.1) is 0 Å². The summed E-state index contributed by atoms with van der Waals surface area (Å²) >= 11 is 13.2. The fraction of sp³-hybridized carbons (Fsp3) is 0.250. The lowest BCUT2D eigenvalue weighted by atomic mass is 10.1. The summed E-state index contributed by atoms with van der Waals surface area (Å²) in [6, 6.07) is 14.6. The van der Waals surface area contributed by atoms with Crippen molar-refractivity contribution in [1.82, 2.24) is 0 Å². The molecule has 4 heteroatoms. The van der Waals surface area contributed by atoms with Crippen LogP contribution in [0.4, 0.5) is 5.69 Å². The topological polar surface area (TPSA) is 3.24 Å². The van der Waals surface area contributed by atoms with E-state index in [1.165, 1.54) is 16.8 Å². The molecule has 0 heterocycles. The Hall–Kier alpha value is -0.510. The highest BCUT2D eigenvalue weighted by molar-refractivity contribution is 9.10. The minimum atomic E-state index is 0.257. The smallest absolute Gasteiger partial charge is 0.0511 e. The Balaban J connectivity index is 2.33. The lowest BCUT2D eigenvalue weighted by Crippen LogP contribution is -2.22. The van der Waals surface area contributed by atoms with Gasteiger partial charge < -0.3 is 4.90 Å². The highest BCUT2D eigenvalue weighted by atomic mass is 79.9. The monoisotopic (exact) mass is 415 g/mol. The number of benzene rings is 2. The number of alkyl halides is 1. The van der Waals surface area contributed by atoms with Crippen LogP contribution in [0.3, 0.4) is 0 Å². The van der Waals surface area contributed by atoms with Gasteiger partial charge >= 0.3 is 0 Å². The first-order chi connectivity index (χ1) is 9.52. The van der Waals surface area contributed by atoms with Crippen LogP contribution in [-0.2, 0) is 5.33 Å². The summed E-state index contributed by atoms with van der Waals surface area (Å²) < 4.78 is 1.10. The van der Waals surface area contributed by atoms with E-state index >= 15 is 0 Å². The Labute approximate surface area is 142 Å². The van der Waals surface area contributed by atoms with Crippen molar-refractivity contribution in [2.45, 2.75) is 18.3 Å². The Morgan fingerprint density at radius 2 is 1.95 bits per heavy atom. The summed E-state index contributed by atoms with van der Waals surface area (Å²) in [6.07, 6.45) is 0. The molecule has 0 aliphatic heterocycles. The molecule has 0 radical (unpaired) electrons. The predicted molar refractivity (Wildman–Crippen MR) is 95.0 cm³/mol. The first-order valence-corrected chi connectivity index (χ1v) is 8.65. The van der Waals surface area contributed by atoms with Gasteiger partial charge in [-0.05, 0) is 48.4 Å². The summed E-state index contributed by atoms with van der Waals surface area (Å²) in [6.45, 7) is 2.19. The van der Waals surface area contributed by atoms with Gasteiger partial charge in [-0.1, -0.05) is 55.6 Å². The first-order valence-electron chi connectivity index (χ1n) is 6.35. The van der Waals surface area contributed by atoms with Crippen molar-refractivity contribution >= 4 is 49.1 Å². The van der Waals surface area contributed by atoms with Crippen molar-refractivity contribution in [3.05, 3.63) is 63.1 Å². The van der Waals surface area contributed by atoms with Gasteiger partial charge in [-0.2, -0.15) is 0 Å². The average Bonchev–Trinajstić information content (AvgIpc) is 2.45. The van der Waals surface area contributed by atoms with Crippen LogP contribution >= 0.6 is 43.5 Å². The molecule has 106 valence electrons. The number of hydrogen-bond acceptors (Lipinski definition) is 1. The number of halogens is 3. The predicted octanol–water partition coefficient (Wildman–Crippen LogP) is 6.19. The molecule has 20 heavy (non-hydrogen) atoms. The fourth-order valence-electron chi connectivity index (χ4n) is 2.20. The van der Waals surface area contributed by atoms with Crippen molar-refractivity contribution in [3.8, 4) is 0 Å². The molecular formula is C16H16Br2ClN. The number of rotatable bonds is 4. The summed E-state index contributed by atoms with van der Waals surface area (Å²) in [5.41, 5.74) is 3.69. The van der Waals surface area contributed by atoms with Gasteiger partial charge in [0.25, 0.3) is 0 Å². The van der Waals surface area contributed by atoms with E-state index in [1.807, 2.05) is 18.2 Å². The zero-order valence-corrected chi connectivity index (χ0v) is 15.3. The van der Waals surface area contributed by atoms with Crippen molar-refractivity contribution in [2.24, 2.45) is 0 Å². The van der Waals surface area contributed by atoms with E-state index in [0.29, 0.717) is 0 Å². The minimum Gasteiger partial charge on any atom is -0.368 e. The molecule has 0 aliphatic carbocycles.